The molecular formula is C86H92O8. The monoisotopic (exact) mass is 1250 g/mol. The Morgan fingerprint density at radius 1 is 0.287 bits per heavy atom. The standard InChI is InChI=1S/C45H58O4.C41H34O4/c1-9-29(5)37-25-33(26-38(30(6)10-2)43(37)48-23-21-46)45(41-19-15-13-17-35(41)36-18-14-16-20-42(36)45)34-27-39(31(7)11-3)44(49-24-22-47)40(28-34)32(8)12-4;42-23-25-44-39-21-19-31(27-35(39)29-11-3-1-4-12-29)41(37-17-9-7-15-33(37)34-16-8-10-18-38(34)41)32-20-22-40(45-26-24-43)36(28-32)30-13-5-2-6-14-30/h13-20,25-32,46-47H,9-12,21-24H2,1-8H3;1-22,27-28,42-43H,23-26H2. The average Bonchev–Trinajstić information content (AvgIpc) is 1.51. The number of benzene rings is 10. The number of hydrogen-bond donors (Lipinski definition) is 4. The smallest absolute Gasteiger partial charge is 0.127 e. The van der Waals surface area contributed by atoms with E-state index in [1.54, 1.807) is 0 Å². The highest BCUT2D eigenvalue weighted by Crippen LogP contribution is 2.60. The topological polar surface area (TPSA) is 118 Å². The van der Waals surface area contributed by atoms with Crippen molar-refractivity contribution in [1.82, 2.24) is 0 Å². The van der Waals surface area contributed by atoms with E-state index in [0.29, 0.717) is 0 Å². The van der Waals surface area contributed by atoms with Crippen molar-refractivity contribution in [3.05, 3.63) is 285 Å². The molecule has 0 fully saturated rings. The van der Waals surface area contributed by atoms with Crippen molar-refractivity contribution < 1.29 is 39.4 Å². The number of fused-ring (bicyclic) bond motifs is 6. The fourth-order valence-corrected chi connectivity index (χ4v) is 14.6. The highest BCUT2D eigenvalue weighted by Gasteiger charge is 2.49. The lowest BCUT2D eigenvalue weighted by Crippen LogP contribution is -2.30. The fourth-order valence-electron chi connectivity index (χ4n) is 14.6. The Morgan fingerprint density at radius 3 is 0.840 bits per heavy atom. The van der Waals surface area contributed by atoms with Gasteiger partial charge in [0, 0.05) is 11.1 Å². The zero-order chi connectivity index (χ0) is 65.9. The molecule has 8 heteroatoms. The van der Waals surface area contributed by atoms with Gasteiger partial charge in [0.1, 0.15) is 49.4 Å². The molecule has 0 aliphatic heterocycles. The molecule has 0 bridgehead atoms. The second-order valence-corrected chi connectivity index (χ2v) is 25.3. The summed E-state index contributed by atoms with van der Waals surface area (Å²) in [7, 11) is 0. The van der Waals surface area contributed by atoms with Crippen LogP contribution in [-0.2, 0) is 10.8 Å². The van der Waals surface area contributed by atoms with E-state index in [1.807, 2.05) is 48.5 Å². The third kappa shape index (κ3) is 12.4. The quantitative estimate of drug-likeness (QED) is 0.0424. The molecule has 0 spiro atoms. The Morgan fingerprint density at radius 2 is 0.553 bits per heavy atom. The minimum absolute atomic E-state index is 0.0200. The van der Waals surface area contributed by atoms with Gasteiger partial charge in [-0.25, -0.2) is 0 Å². The van der Waals surface area contributed by atoms with Gasteiger partial charge in [-0.3, -0.25) is 0 Å². The second kappa shape index (κ2) is 30.1. The maximum Gasteiger partial charge on any atom is 0.127 e. The van der Waals surface area contributed by atoms with Gasteiger partial charge in [0.2, 0.25) is 0 Å². The van der Waals surface area contributed by atoms with Crippen LogP contribution in [0.25, 0.3) is 44.5 Å². The average molecular weight is 1250 g/mol. The molecule has 94 heavy (non-hydrogen) atoms. The van der Waals surface area contributed by atoms with Gasteiger partial charge >= 0.3 is 0 Å². The SMILES string of the molecule is CCC(C)c1cc(C2(c3cc(C(C)CC)c(OCCO)c(C(C)CC)c3)c3ccccc3-c3ccccc32)cc(C(C)CC)c1OCCO.OCCOc1ccc(C2(c3ccc(OCCO)c(-c4ccccc4)c3)c3ccccc3-c3ccccc32)cc1-c1ccccc1. The summed E-state index contributed by atoms with van der Waals surface area (Å²) in [6.45, 7) is 19.0. The van der Waals surface area contributed by atoms with E-state index in [0.717, 1.165) is 82.1 Å². The van der Waals surface area contributed by atoms with Gasteiger partial charge in [0.15, 0.2) is 0 Å². The zero-order valence-electron chi connectivity index (χ0n) is 56.0. The van der Waals surface area contributed by atoms with Crippen molar-refractivity contribution in [2.75, 3.05) is 52.9 Å². The number of hydrogen-bond acceptors (Lipinski definition) is 8. The first-order valence-corrected chi connectivity index (χ1v) is 34.1. The minimum atomic E-state index is -0.648. The predicted molar refractivity (Wildman–Crippen MR) is 384 cm³/mol. The maximum absolute atomic E-state index is 9.85. The normalized spacial score (nSPS) is 14.3. The molecule has 2 aliphatic carbocycles. The summed E-state index contributed by atoms with van der Waals surface area (Å²) < 4.78 is 25.1. The molecule has 0 amide bonds. The Labute approximate surface area is 557 Å². The first-order chi connectivity index (χ1) is 46.0. The van der Waals surface area contributed by atoms with Crippen LogP contribution in [0.3, 0.4) is 0 Å². The largest absolute Gasteiger partial charge is 0.491 e. The van der Waals surface area contributed by atoms with Crippen molar-refractivity contribution in [2.45, 2.75) is 116 Å². The van der Waals surface area contributed by atoms with Gasteiger partial charge in [-0.1, -0.05) is 250 Å². The van der Waals surface area contributed by atoms with Crippen LogP contribution >= 0.6 is 0 Å². The Bertz CT molecular complexity index is 3860. The first-order valence-electron chi connectivity index (χ1n) is 34.1. The zero-order valence-corrected chi connectivity index (χ0v) is 56.0. The van der Waals surface area contributed by atoms with E-state index in [1.165, 1.54) is 77.9 Å². The predicted octanol–water partition coefficient (Wildman–Crippen LogP) is 19.0. The molecule has 0 saturated heterocycles. The summed E-state index contributed by atoms with van der Waals surface area (Å²) in [5.41, 5.74) is 22.3. The van der Waals surface area contributed by atoms with Gasteiger partial charge < -0.3 is 39.4 Å². The first kappa shape index (κ1) is 66.7. The molecular weight excluding hydrogens is 1160 g/mol. The molecule has 0 aromatic heterocycles. The molecule has 4 atom stereocenters. The van der Waals surface area contributed by atoms with Crippen LogP contribution in [0.5, 0.6) is 23.0 Å². The van der Waals surface area contributed by atoms with Gasteiger partial charge in [-0.05, 0) is 174 Å². The summed E-state index contributed by atoms with van der Waals surface area (Å²) in [4.78, 5) is 0. The van der Waals surface area contributed by atoms with Crippen LogP contribution in [0.15, 0.2) is 218 Å². The fraction of sp³-hybridized carbons (Fsp3) is 0.302. The summed E-state index contributed by atoms with van der Waals surface area (Å²) >= 11 is 0. The van der Waals surface area contributed by atoms with Crippen molar-refractivity contribution in [1.29, 1.82) is 0 Å². The molecule has 4 N–H and O–H groups in total. The van der Waals surface area contributed by atoms with Crippen molar-refractivity contribution in [3.8, 4) is 67.5 Å². The second-order valence-electron chi connectivity index (χ2n) is 25.3. The number of aliphatic hydroxyl groups is 4. The van der Waals surface area contributed by atoms with Gasteiger partial charge in [0.25, 0.3) is 0 Å². The van der Waals surface area contributed by atoms with Crippen LogP contribution in [-0.4, -0.2) is 73.3 Å². The lowest BCUT2D eigenvalue weighted by Gasteiger charge is -2.37. The molecule has 0 saturated carbocycles. The van der Waals surface area contributed by atoms with E-state index in [4.69, 9.17) is 18.9 Å². The van der Waals surface area contributed by atoms with Crippen LogP contribution < -0.4 is 18.9 Å². The Kier molecular flexibility index (Phi) is 21.4. The molecule has 12 rings (SSSR count). The van der Waals surface area contributed by atoms with Gasteiger partial charge in [-0.2, -0.15) is 0 Å². The van der Waals surface area contributed by atoms with E-state index in [-0.39, 0.29) is 76.5 Å². The van der Waals surface area contributed by atoms with Crippen LogP contribution in [0.4, 0.5) is 0 Å². The highest BCUT2D eigenvalue weighted by atomic mass is 16.5. The summed E-state index contributed by atoms with van der Waals surface area (Å²) in [5.74, 6) is 4.39. The van der Waals surface area contributed by atoms with Gasteiger partial charge in [0.05, 0.1) is 37.3 Å². The van der Waals surface area contributed by atoms with Crippen LogP contribution in [0.1, 0.15) is 172 Å². The number of aliphatic hydroxyl groups excluding tert-OH is 4. The van der Waals surface area contributed by atoms with E-state index < -0.39 is 10.8 Å². The molecule has 484 valence electrons. The molecule has 0 radical (unpaired) electrons. The molecule has 8 nitrogen and oxygen atoms in total. The van der Waals surface area contributed by atoms with Crippen LogP contribution in [0.2, 0.25) is 0 Å². The van der Waals surface area contributed by atoms with E-state index in [2.05, 4.69) is 225 Å². The Hall–Kier alpha value is -8.76. The summed E-state index contributed by atoms with van der Waals surface area (Å²) in [6, 6.07) is 78.4. The van der Waals surface area contributed by atoms with Crippen molar-refractivity contribution >= 4 is 0 Å². The van der Waals surface area contributed by atoms with Crippen LogP contribution in [0, 0.1) is 0 Å². The lowest BCUT2D eigenvalue weighted by atomic mass is 9.65. The van der Waals surface area contributed by atoms with Gasteiger partial charge in [-0.15, -0.1) is 0 Å². The summed E-state index contributed by atoms with van der Waals surface area (Å²) in [6.07, 6.45) is 3.91. The number of rotatable bonds is 26. The van der Waals surface area contributed by atoms with Crippen molar-refractivity contribution in [3.63, 3.8) is 0 Å². The van der Waals surface area contributed by atoms with Crippen molar-refractivity contribution in [2.24, 2.45) is 0 Å². The molecule has 10 aromatic carbocycles. The summed E-state index contributed by atoms with van der Waals surface area (Å²) in [5, 5.41) is 38.8. The molecule has 10 aromatic rings. The Balaban J connectivity index is 0.000000192. The van der Waals surface area contributed by atoms with E-state index in [9.17, 15) is 20.4 Å². The molecule has 2 aliphatic rings. The highest BCUT2D eigenvalue weighted by molar-refractivity contribution is 5.89. The maximum atomic E-state index is 9.85. The molecule has 4 unspecified atom stereocenters. The van der Waals surface area contributed by atoms with E-state index >= 15 is 0 Å². The molecule has 0 heterocycles. The lowest BCUT2D eigenvalue weighted by molar-refractivity contribution is 0.198. The number of ether oxygens (including phenoxy) is 4. The third-order valence-electron chi connectivity index (χ3n) is 20.0. The minimum Gasteiger partial charge on any atom is -0.491 e. The third-order valence-corrected chi connectivity index (χ3v) is 20.0.